The minimum absolute atomic E-state index is 0.155. The maximum atomic E-state index is 13.1. The zero-order valence-electron chi connectivity index (χ0n) is 19.9. The first-order valence-electron chi connectivity index (χ1n) is 11.4. The van der Waals surface area contributed by atoms with Crippen LogP contribution in [-0.2, 0) is 27.7 Å². The highest BCUT2D eigenvalue weighted by atomic mass is 32.2. The molecule has 0 bridgehead atoms. The molecule has 2 aliphatic heterocycles. The fraction of sp³-hybridized carbons (Fsp3) is 0.458. The van der Waals surface area contributed by atoms with Gasteiger partial charge in [0.1, 0.15) is 11.1 Å². The van der Waals surface area contributed by atoms with Crippen molar-refractivity contribution in [2.45, 2.75) is 38.1 Å². The molecule has 3 heterocycles. The Hall–Kier alpha value is -2.94. The van der Waals surface area contributed by atoms with E-state index in [2.05, 4.69) is 25.2 Å². The van der Waals surface area contributed by atoms with Crippen LogP contribution in [0.5, 0.6) is 0 Å². The Balaban J connectivity index is 1.50. The molecule has 1 fully saturated rings. The molecule has 1 saturated heterocycles. The summed E-state index contributed by atoms with van der Waals surface area (Å²) in [6.45, 7) is 5.83. The highest BCUT2D eigenvalue weighted by Crippen LogP contribution is 2.37. The van der Waals surface area contributed by atoms with Crippen molar-refractivity contribution in [3.63, 3.8) is 0 Å². The zero-order valence-corrected chi connectivity index (χ0v) is 21.5. The number of piperidine rings is 1. The number of anilines is 1. The first kappa shape index (κ1) is 25.2. The number of methoxy groups -OCH3 is 1. The maximum absolute atomic E-state index is 13.1. The predicted octanol–water partition coefficient (Wildman–Crippen LogP) is 3.66. The largest absolute Gasteiger partial charge is 0.453 e. The number of nitrogens with one attached hydrogen (secondary N) is 1. The van der Waals surface area contributed by atoms with E-state index < -0.39 is 22.0 Å². The van der Waals surface area contributed by atoms with Gasteiger partial charge in [0, 0.05) is 30.1 Å². The summed E-state index contributed by atoms with van der Waals surface area (Å²) >= 11 is 1.26. The van der Waals surface area contributed by atoms with Gasteiger partial charge in [-0.2, -0.15) is 9.57 Å². The SMILES string of the molecule is COC(=O)N1CCc2c(sc(NC(=O)c3ccc(S(=O)(=O)N4CC(C)CC(C)C4)cc3)c2C#N)C1. The van der Waals surface area contributed by atoms with Gasteiger partial charge in [0.15, 0.2) is 0 Å². The topological polar surface area (TPSA) is 120 Å². The number of ether oxygens (including phenoxy) is 1. The minimum atomic E-state index is -3.64. The molecule has 11 heteroatoms. The summed E-state index contributed by atoms with van der Waals surface area (Å²) in [6.07, 6.45) is 1.07. The van der Waals surface area contributed by atoms with E-state index in [1.54, 1.807) is 4.90 Å². The summed E-state index contributed by atoms with van der Waals surface area (Å²) in [5, 5.41) is 12.9. The molecule has 35 heavy (non-hydrogen) atoms. The second-order valence-corrected chi connectivity index (χ2v) is 12.3. The van der Waals surface area contributed by atoms with Gasteiger partial charge in [-0.15, -0.1) is 11.3 Å². The highest BCUT2D eigenvalue weighted by Gasteiger charge is 2.32. The van der Waals surface area contributed by atoms with E-state index in [9.17, 15) is 23.3 Å². The average Bonchev–Trinajstić information content (AvgIpc) is 3.18. The van der Waals surface area contributed by atoms with Gasteiger partial charge < -0.3 is 15.0 Å². The van der Waals surface area contributed by atoms with Gasteiger partial charge in [0.25, 0.3) is 5.91 Å². The Morgan fingerprint density at radius 2 is 1.83 bits per heavy atom. The third-order valence-electron chi connectivity index (χ3n) is 6.42. The standard InChI is InChI=1S/C24H28N4O5S2/c1-15-10-16(2)13-28(12-15)35(31,32)18-6-4-17(5-7-18)22(29)26-23-20(11-25)19-8-9-27(24(30)33-3)14-21(19)34-23/h4-7,15-16H,8-10,12-14H2,1-3H3,(H,26,29). The Labute approximate surface area is 209 Å². The molecule has 0 aliphatic carbocycles. The van der Waals surface area contributed by atoms with Gasteiger partial charge in [-0.05, 0) is 54.5 Å². The molecule has 9 nitrogen and oxygen atoms in total. The molecule has 1 aromatic heterocycles. The van der Waals surface area contributed by atoms with Crippen LogP contribution in [0.4, 0.5) is 9.80 Å². The average molecular weight is 517 g/mol. The predicted molar refractivity (Wildman–Crippen MR) is 132 cm³/mol. The number of hydrogen-bond donors (Lipinski definition) is 1. The minimum Gasteiger partial charge on any atom is -0.453 e. The molecule has 4 rings (SSSR count). The molecule has 2 amide bonds. The normalized spacial score (nSPS) is 20.6. The number of fused-ring (bicyclic) bond motifs is 1. The Bertz CT molecular complexity index is 1270. The van der Waals surface area contributed by atoms with Crippen LogP contribution < -0.4 is 5.32 Å². The molecule has 1 N–H and O–H groups in total. The van der Waals surface area contributed by atoms with E-state index in [0.717, 1.165) is 16.9 Å². The van der Waals surface area contributed by atoms with Gasteiger partial charge in [-0.1, -0.05) is 13.8 Å². The second kappa shape index (κ2) is 9.97. The molecule has 0 radical (unpaired) electrons. The van der Waals surface area contributed by atoms with Gasteiger partial charge in [0.2, 0.25) is 10.0 Å². The number of carbonyl (C=O) groups excluding carboxylic acids is 2. The van der Waals surface area contributed by atoms with Crippen molar-refractivity contribution in [3.8, 4) is 6.07 Å². The lowest BCUT2D eigenvalue weighted by Gasteiger charge is -2.34. The van der Waals surface area contributed by atoms with Crippen LogP contribution in [-0.4, -0.2) is 56.4 Å². The highest BCUT2D eigenvalue weighted by molar-refractivity contribution is 7.89. The first-order chi connectivity index (χ1) is 16.6. The van der Waals surface area contributed by atoms with E-state index in [1.807, 2.05) is 0 Å². The van der Waals surface area contributed by atoms with Gasteiger partial charge >= 0.3 is 6.09 Å². The van der Waals surface area contributed by atoms with Crippen LogP contribution in [0.15, 0.2) is 29.2 Å². The monoisotopic (exact) mass is 516 g/mol. The molecular formula is C24H28N4O5S2. The number of hydrogen-bond acceptors (Lipinski definition) is 7. The molecule has 2 atom stereocenters. The summed E-state index contributed by atoms with van der Waals surface area (Å²) in [5.74, 6) is 0.155. The molecule has 0 saturated carbocycles. The molecule has 2 unspecified atom stereocenters. The third-order valence-corrected chi connectivity index (χ3v) is 9.40. The fourth-order valence-electron chi connectivity index (χ4n) is 4.80. The van der Waals surface area contributed by atoms with E-state index in [4.69, 9.17) is 4.74 Å². The van der Waals surface area contributed by atoms with E-state index in [1.165, 1.54) is 47.0 Å². The van der Waals surface area contributed by atoms with Gasteiger partial charge in [-0.25, -0.2) is 13.2 Å². The van der Waals surface area contributed by atoms with Crippen LogP contribution in [0.2, 0.25) is 0 Å². The second-order valence-electron chi connectivity index (χ2n) is 9.21. The van der Waals surface area contributed by atoms with Gasteiger partial charge in [-0.3, -0.25) is 4.79 Å². The number of carbonyl (C=O) groups is 2. The quantitative estimate of drug-likeness (QED) is 0.662. The van der Waals surface area contributed by atoms with Crippen molar-refractivity contribution in [1.82, 2.24) is 9.21 Å². The summed E-state index contributed by atoms with van der Waals surface area (Å²) in [7, 11) is -2.32. The fourth-order valence-corrected chi connectivity index (χ4v) is 7.69. The smallest absolute Gasteiger partial charge is 0.409 e. The number of nitrogens with zero attached hydrogens (tertiary/aromatic N) is 3. The number of amides is 2. The summed E-state index contributed by atoms with van der Waals surface area (Å²) < 4.78 is 32.5. The van der Waals surface area contributed by atoms with Crippen LogP contribution in [0, 0.1) is 23.2 Å². The number of rotatable bonds is 4. The van der Waals surface area contributed by atoms with Crippen LogP contribution in [0.1, 0.15) is 46.6 Å². The molecular weight excluding hydrogens is 488 g/mol. The van der Waals surface area contributed by atoms with Crippen LogP contribution in [0.25, 0.3) is 0 Å². The zero-order chi connectivity index (χ0) is 25.3. The molecule has 0 spiro atoms. The summed E-state index contributed by atoms with van der Waals surface area (Å²) in [6, 6.07) is 8.04. The van der Waals surface area contributed by atoms with Crippen molar-refractivity contribution in [2.24, 2.45) is 11.8 Å². The lowest BCUT2D eigenvalue weighted by Crippen LogP contribution is -2.42. The lowest BCUT2D eigenvalue weighted by atomic mass is 9.94. The Morgan fingerprint density at radius 3 is 2.43 bits per heavy atom. The Kier molecular flexibility index (Phi) is 7.17. The maximum Gasteiger partial charge on any atom is 0.409 e. The summed E-state index contributed by atoms with van der Waals surface area (Å²) in [4.78, 5) is 27.3. The number of thiophene rings is 1. The van der Waals surface area contributed by atoms with Crippen molar-refractivity contribution >= 4 is 38.4 Å². The van der Waals surface area contributed by atoms with Crippen LogP contribution in [0.3, 0.4) is 0 Å². The van der Waals surface area contributed by atoms with E-state index in [0.29, 0.717) is 55.0 Å². The van der Waals surface area contributed by atoms with Gasteiger partial charge in [0.05, 0.1) is 24.1 Å². The molecule has 2 aliphatic rings. The van der Waals surface area contributed by atoms with Crippen molar-refractivity contribution in [1.29, 1.82) is 5.26 Å². The van der Waals surface area contributed by atoms with Crippen molar-refractivity contribution in [3.05, 3.63) is 45.8 Å². The third kappa shape index (κ3) is 5.05. The first-order valence-corrected chi connectivity index (χ1v) is 13.7. The van der Waals surface area contributed by atoms with E-state index >= 15 is 0 Å². The Morgan fingerprint density at radius 1 is 1.17 bits per heavy atom. The number of nitriles is 1. The number of sulfonamides is 1. The van der Waals surface area contributed by atoms with E-state index in [-0.39, 0.29) is 10.5 Å². The van der Waals surface area contributed by atoms with Crippen molar-refractivity contribution in [2.75, 3.05) is 32.1 Å². The summed E-state index contributed by atoms with van der Waals surface area (Å²) in [5.41, 5.74) is 1.52. The van der Waals surface area contributed by atoms with Crippen molar-refractivity contribution < 1.29 is 22.7 Å². The van der Waals surface area contributed by atoms with Crippen LogP contribution >= 0.6 is 11.3 Å². The number of benzene rings is 1. The molecule has 186 valence electrons. The molecule has 2 aromatic rings. The molecule has 1 aromatic carbocycles. The lowest BCUT2D eigenvalue weighted by molar-refractivity contribution is 0.102.